The van der Waals surface area contributed by atoms with E-state index in [-0.39, 0.29) is 17.9 Å². The standard InChI is InChI=1S/C18H17F3N2O5/c1-3-27-16(26)17(18(19,20)21,23-15(25)14-8-5-9-28-14)22-13-7-4-6-12(10-13)11(2)24/h4-10,22H,3H2,1-2H3,(H,23,25). The molecular formula is C18H17F3N2O5. The number of nitrogens with one attached hydrogen (secondary N) is 2. The fraction of sp³-hybridized carbons (Fsp3) is 0.278. The number of ketones is 1. The Morgan fingerprint density at radius 2 is 1.86 bits per heavy atom. The van der Waals surface area contributed by atoms with Crippen LogP contribution in [-0.4, -0.2) is 36.1 Å². The summed E-state index contributed by atoms with van der Waals surface area (Å²) in [5.41, 5.74) is -3.72. The minimum Gasteiger partial charge on any atom is -0.463 e. The van der Waals surface area contributed by atoms with Gasteiger partial charge in [-0.15, -0.1) is 0 Å². The Balaban J connectivity index is 2.52. The second kappa shape index (κ2) is 8.15. The van der Waals surface area contributed by atoms with Gasteiger partial charge >= 0.3 is 17.8 Å². The highest BCUT2D eigenvalue weighted by Gasteiger charge is 2.63. The molecule has 0 aliphatic carbocycles. The average Bonchev–Trinajstić information content (AvgIpc) is 3.15. The monoisotopic (exact) mass is 398 g/mol. The maximum atomic E-state index is 14.0. The molecule has 0 aliphatic rings. The molecule has 0 fully saturated rings. The van der Waals surface area contributed by atoms with Crippen LogP contribution in [0.25, 0.3) is 0 Å². The first-order chi connectivity index (χ1) is 13.1. The number of alkyl halides is 3. The summed E-state index contributed by atoms with van der Waals surface area (Å²) in [6, 6.07) is 7.51. The molecule has 0 spiro atoms. The van der Waals surface area contributed by atoms with Crippen molar-refractivity contribution in [3.05, 3.63) is 54.0 Å². The second-order valence-corrected chi connectivity index (χ2v) is 5.66. The van der Waals surface area contributed by atoms with E-state index < -0.39 is 35.3 Å². The van der Waals surface area contributed by atoms with Crippen molar-refractivity contribution in [1.82, 2.24) is 5.32 Å². The highest BCUT2D eigenvalue weighted by molar-refractivity contribution is 5.98. The van der Waals surface area contributed by atoms with Crippen LogP contribution in [0.15, 0.2) is 47.1 Å². The van der Waals surface area contributed by atoms with Crippen molar-refractivity contribution in [3.8, 4) is 0 Å². The predicted octanol–water partition coefficient (Wildman–Crippen LogP) is 3.15. The summed E-state index contributed by atoms with van der Waals surface area (Å²) in [5.74, 6) is -3.88. The third kappa shape index (κ3) is 4.33. The molecule has 1 unspecified atom stereocenters. The summed E-state index contributed by atoms with van der Waals surface area (Å²) >= 11 is 0. The molecule has 28 heavy (non-hydrogen) atoms. The Bertz CT molecular complexity index is 864. The molecule has 1 amide bonds. The van der Waals surface area contributed by atoms with Gasteiger partial charge in [0.15, 0.2) is 11.5 Å². The van der Waals surface area contributed by atoms with Gasteiger partial charge in [0.05, 0.1) is 12.9 Å². The van der Waals surface area contributed by atoms with Gasteiger partial charge < -0.3 is 19.8 Å². The minimum absolute atomic E-state index is 0.113. The fourth-order valence-corrected chi connectivity index (χ4v) is 2.30. The number of halogens is 3. The number of Topliss-reactive ketones (excluding diaryl/α,β-unsaturated/α-hetero) is 1. The zero-order valence-corrected chi connectivity index (χ0v) is 14.9. The normalized spacial score (nSPS) is 13.3. The van der Waals surface area contributed by atoms with E-state index in [0.29, 0.717) is 0 Å². The van der Waals surface area contributed by atoms with E-state index in [4.69, 9.17) is 4.42 Å². The number of anilines is 1. The van der Waals surface area contributed by atoms with E-state index in [2.05, 4.69) is 4.74 Å². The first kappa shape index (κ1) is 21.0. The fourth-order valence-electron chi connectivity index (χ4n) is 2.30. The highest BCUT2D eigenvalue weighted by atomic mass is 19.4. The van der Waals surface area contributed by atoms with Gasteiger partial charge in [0.1, 0.15) is 0 Å². The summed E-state index contributed by atoms with van der Waals surface area (Å²) in [4.78, 5) is 36.1. The van der Waals surface area contributed by atoms with Crippen molar-refractivity contribution in [3.63, 3.8) is 0 Å². The Morgan fingerprint density at radius 3 is 2.39 bits per heavy atom. The molecular weight excluding hydrogens is 381 g/mol. The van der Waals surface area contributed by atoms with Gasteiger partial charge in [-0.3, -0.25) is 9.59 Å². The van der Waals surface area contributed by atoms with Crippen LogP contribution in [0.3, 0.4) is 0 Å². The second-order valence-electron chi connectivity index (χ2n) is 5.66. The lowest BCUT2D eigenvalue weighted by molar-refractivity contribution is -0.204. The van der Waals surface area contributed by atoms with Gasteiger partial charge in [0, 0.05) is 11.3 Å². The van der Waals surface area contributed by atoms with Crippen molar-refractivity contribution < 1.29 is 36.7 Å². The third-order valence-corrected chi connectivity index (χ3v) is 3.65. The van der Waals surface area contributed by atoms with Gasteiger partial charge in [0.25, 0.3) is 5.91 Å². The molecule has 2 aromatic rings. The number of esters is 1. The molecule has 0 saturated heterocycles. The number of carbonyl (C=O) groups is 3. The Morgan fingerprint density at radius 1 is 1.14 bits per heavy atom. The predicted molar refractivity (Wildman–Crippen MR) is 91.7 cm³/mol. The number of hydrogen-bond donors (Lipinski definition) is 2. The maximum absolute atomic E-state index is 14.0. The summed E-state index contributed by atoms with van der Waals surface area (Å²) in [6.07, 6.45) is -4.20. The first-order valence-corrected chi connectivity index (χ1v) is 8.10. The zero-order valence-electron chi connectivity index (χ0n) is 14.9. The molecule has 2 rings (SSSR count). The van der Waals surface area contributed by atoms with Crippen LogP contribution in [0.2, 0.25) is 0 Å². The molecule has 150 valence electrons. The lowest BCUT2D eigenvalue weighted by atomic mass is 10.1. The number of benzene rings is 1. The maximum Gasteiger partial charge on any atom is 0.441 e. The topological polar surface area (TPSA) is 97.6 Å². The third-order valence-electron chi connectivity index (χ3n) is 3.65. The summed E-state index contributed by atoms with van der Waals surface area (Å²) in [6.45, 7) is 2.20. The number of hydrogen-bond acceptors (Lipinski definition) is 6. The number of rotatable bonds is 7. The lowest BCUT2D eigenvalue weighted by Crippen LogP contribution is -2.69. The number of ether oxygens (including phenoxy) is 1. The summed E-state index contributed by atoms with van der Waals surface area (Å²) < 4.78 is 51.4. The number of amides is 1. The van der Waals surface area contributed by atoms with Gasteiger partial charge in [-0.1, -0.05) is 12.1 Å². The first-order valence-electron chi connectivity index (χ1n) is 8.10. The Hall–Kier alpha value is -3.30. The smallest absolute Gasteiger partial charge is 0.441 e. The van der Waals surface area contributed by atoms with E-state index in [1.807, 2.05) is 5.32 Å². The Kier molecular flexibility index (Phi) is 6.12. The molecule has 1 atom stereocenters. The van der Waals surface area contributed by atoms with Gasteiger partial charge in [-0.25, -0.2) is 4.79 Å². The molecule has 1 heterocycles. The molecule has 10 heteroatoms. The van der Waals surface area contributed by atoms with E-state index in [9.17, 15) is 27.6 Å². The van der Waals surface area contributed by atoms with E-state index in [1.165, 1.54) is 38.1 Å². The minimum atomic E-state index is -5.30. The lowest BCUT2D eigenvalue weighted by Gasteiger charge is -2.35. The number of carbonyl (C=O) groups excluding carboxylic acids is 3. The quantitative estimate of drug-likeness (QED) is 0.423. The van der Waals surface area contributed by atoms with Crippen molar-refractivity contribution >= 4 is 23.3 Å². The van der Waals surface area contributed by atoms with Crippen molar-refractivity contribution in [1.29, 1.82) is 0 Å². The van der Waals surface area contributed by atoms with Crippen LogP contribution >= 0.6 is 0 Å². The van der Waals surface area contributed by atoms with Crippen molar-refractivity contribution in [2.24, 2.45) is 0 Å². The van der Waals surface area contributed by atoms with Crippen LogP contribution in [0.4, 0.5) is 18.9 Å². The molecule has 0 aliphatic heterocycles. The molecule has 0 saturated carbocycles. The molecule has 7 nitrogen and oxygen atoms in total. The van der Waals surface area contributed by atoms with Gasteiger partial charge in [-0.05, 0) is 38.1 Å². The van der Waals surface area contributed by atoms with Crippen LogP contribution < -0.4 is 10.6 Å². The molecule has 1 aromatic heterocycles. The van der Waals surface area contributed by atoms with Gasteiger partial charge in [-0.2, -0.15) is 13.2 Å². The van der Waals surface area contributed by atoms with Crippen molar-refractivity contribution in [2.75, 3.05) is 11.9 Å². The molecule has 0 bridgehead atoms. The number of furan rings is 1. The van der Waals surface area contributed by atoms with E-state index >= 15 is 0 Å². The molecule has 0 radical (unpaired) electrons. The largest absolute Gasteiger partial charge is 0.463 e. The van der Waals surface area contributed by atoms with Crippen LogP contribution in [0, 0.1) is 0 Å². The van der Waals surface area contributed by atoms with Crippen molar-refractivity contribution in [2.45, 2.75) is 25.7 Å². The molecule has 1 aromatic carbocycles. The van der Waals surface area contributed by atoms with E-state index in [0.717, 1.165) is 18.4 Å². The van der Waals surface area contributed by atoms with Crippen LogP contribution in [0.1, 0.15) is 34.8 Å². The average molecular weight is 398 g/mol. The zero-order chi connectivity index (χ0) is 20.9. The Labute approximate surface area is 157 Å². The summed E-state index contributed by atoms with van der Waals surface area (Å²) in [7, 11) is 0. The van der Waals surface area contributed by atoms with Gasteiger partial charge in [0.2, 0.25) is 0 Å². The van der Waals surface area contributed by atoms with E-state index in [1.54, 1.807) is 5.32 Å². The SMILES string of the molecule is CCOC(=O)C(NC(=O)c1ccco1)(Nc1cccc(C(C)=O)c1)C(F)(F)F. The van der Waals surface area contributed by atoms with Crippen LogP contribution in [0.5, 0.6) is 0 Å². The van der Waals surface area contributed by atoms with Crippen LogP contribution in [-0.2, 0) is 9.53 Å². The highest BCUT2D eigenvalue weighted by Crippen LogP contribution is 2.33. The molecule has 2 N–H and O–H groups in total. The summed E-state index contributed by atoms with van der Waals surface area (Å²) in [5, 5.41) is 3.61.